The van der Waals surface area contributed by atoms with Crippen molar-refractivity contribution in [2.75, 3.05) is 23.4 Å². The van der Waals surface area contributed by atoms with Gasteiger partial charge in [-0.15, -0.1) is 15.3 Å². The van der Waals surface area contributed by atoms with Crippen molar-refractivity contribution in [3.05, 3.63) is 48.0 Å². The Bertz CT molecular complexity index is 1050. The summed E-state index contributed by atoms with van der Waals surface area (Å²) in [5, 5.41) is 10.5. The van der Waals surface area contributed by atoms with Gasteiger partial charge in [0.1, 0.15) is 17.7 Å². The summed E-state index contributed by atoms with van der Waals surface area (Å²) in [5.41, 5.74) is 0.111. The number of hydrogen-bond acceptors (Lipinski definition) is 5. The van der Waals surface area contributed by atoms with Gasteiger partial charge in [0.05, 0.1) is 5.69 Å². The average Bonchev–Trinajstić information content (AvgIpc) is 3.24. The van der Waals surface area contributed by atoms with E-state index in [2.05, 4.69) is 15.3 Å². The van der Waals surface area contributed by atoms with Crippen LogP contribution in [0.1, 0.15) is 12.2 Å². The lowest BCUT2D eigenvalue weighted by Crippen LogP contribution is -2.40. The average molecular weight is 394 g/mol. The molecule has 3 aromatic rings. The minimum absolute atomic E-state index is 0.0600. The second kappa shape index (κ2) is 6.43. The quantitative estimate of drug-likeness (QED) is 0.639. The molecule has 0 radical (unpaired) electrons. The summed E-state index contributed by atoms with van der Waals surface area (Å²) in [7, 11) is 1.55. The molecule has 0 N–H and O–H groups in total. The van der Waals surface area contributed by atoms with Gasteiger partial charge in [-0.3, -0.25) is 4.79 Å². The van der Waals surface area contributed by atoms with Gasteiger partial charge in [-0.1, -0.05) is 12.1 Å². The molecule has 1 aliphatic rings. The van der Waals surface area contributed by atoms with Crippen LogP contribution in [0.5, 0.6) is 0 Å². The lowest BCUT2D eigenvalue weighted by atomic mass is 10.2. The van der Waals surface area contributed by atoms with Crippen LogP contribution >= 0.6 is 0 Å². The van der Waals surface area contributed by atoms with E-state index in [1.807, 2.05) is 0 Å². The molecular weight excluding hydrogens is 380 g/mol. The molecule has 146 valence electrons. The van der Waals surface area contributed by atoms with E-state index in [1.54, 1.807) is 13.1 Å². The highest BCUT2D eigenvalue weighted by molar-refractivity contribution is 6.01. The first-order valence-electron chi connectivity index (χ1n) is 8.36. The normalized spacial score (nSPS) is 17.5. The van der Waals surface area contributed by atoms with Gasteiger partial charge in [-0.25, -0.2) is 4.39 Å². The van der Waals surface area contributed by atoms with E-state index in [9.17, 15) is 22.4 Å². The maximum atomic E-state index is 14.0. The lowest BCUT2D eigenvalue weighted by molar-refractivity contribution is -0.146. The molecule has 3 heterocycles. The van der Waals surface area contributed by atoms with Gasteiger partial charge in [0.15, 0.2) is 5.65 Å². The first-order chi connectivity index (χ1) is 13.3. The molecule has 1 fully saturated rings. The Hall–Kier alpha value is -3.24. The number of aromatic nitrogens is 4. The topological polar surface area (TPSA) is 66.6 Å². The molecule has 11 heteroatoms. The highest BCUT2D eigenvalue weighted by Crippen LogP contribution is 2.30. The first-order valence-corrected chi connectivity index (χ1v) is 8.36. The van der Waals surface area contributed by atoms with Crippen LogP contribution < -0.4 is 9.80 Å². The van der Waals surface area contributed by atoms with E-state index in [1.165, 1.54) is 40.1 Å². The predicted molar refractivity (Wildman–Crippen MR) is 91.3 cm³/mol. The number of fused-ring (bicyclic) bond motifs is 1. The molecular formula is C17H14F4N6O. The molecule has 0 bridgehead atoms. The number of likely N-dealkylation sites (N-methyl/N-ethyl adjacent to an activating group) is 1. The number of halogens is 4. The highest BCUT2D eigenvalue weighted by Gasteiger charge is 2.39. The molecule has 4 rings (SSSR count). The third-order valence-electron chi connectivity index (χ3n) is 4.65. The Labute approximate surface area is 156 Å². The fraction of sp³-hybridized carbons (Fsp3) is 0.294. The molecule has 1 amide bonds. The van der Waals surface area contributed by atoms with E-state index >= 15 is 0 Å². The summed E-state index contributed by atoms with van der Waals surface area (Å²) in [6.45, 7) is 0.289. The predicted octanol–water partition coefficient (Wildman–Crippen LogP) is 2.52. The van der Waals surface area contributed by atoms with E-state index in [0.717, 1.165) is 0 Å². The van der Waals surface area contributed by atoms with Crippen LogP contribution in [-0.2, 0) is 11.0 Å². The van der Waals surface area contributed by atoms with Crippen LogP contribution in [0.4, 0.5) is 29.1 Å². The SMILES string of the molecule is CN(c1ccc2nnc(C(F)(F)F)n2n1)C1CCN(c2ccccc2F)C1=O. The van der Waals surface area contributed by atoms with Crippen LogP contribution in [0, 0.1) is 5.82 Å². The van der Waals surface area contributed by atoms with Crippen LogP contribution in [-0.4, -0.2) is 45.4 Å². The molecule has 1 atom stereocenters. The Kier molecular flexibility index (Phi) is 4.16. The number of rotatable bonds is 3. The van der Waals surface area contributed by atoms with Crippen molar-refractivity contribution < 1.29 is 22.4 Å². The van der Waals surface area contributed by atoms with Gasteiger partial charge in [-0.2, -0.15) is 17.7 Å². The number of carbonyl (C=O) groups excluding carboxylic acids is 1. The van der Waals surface area contributed by atoms with Crippen molar-refractivity contribution in [1.29, 1.82) is 0 Å². The summed E-state index contributed by atoms with van der Waals surface area (Å²) in [4.78, 5) is 15.6. The van der Waals surface area contributed by atoms with Gasteiger partial charge < -0.3 is 9.80 Å². The summed E-state index contributed by atoms with van der Waals surface area (Å²) in [6, 6.07) is 8.04. The van der Waals surface area contributed by atoms with Crippen molar-refractivity contribution in [3.63, 3.8) is 0 Å². The molecule has 28 heavy (non-hydrogen) atoms. The number of carbonyl (C=O) groups is 1. The van der Waals surface area contributed by atoms with E-state index in [-0.39, 0.29) is 29.6 Å². The molecule has 2 aromatic heterocycles. The second-order valence-electron chi connectivity index (χ2n) is 6.34. The zero-order chi connectivity index (χ0) is 20.1. The Balaban J connectivity index is 1.64. The van der Waals surface area contributed by atoms with Crippen molar-refractivity contribution >= 4 is 23.1 Å². The summed E-state index contributed by atoms with van der Waals surface area (Å²) >= 11 is 0. The van der Waals surface area contributed by atoms with E-state index in [4.69, 9.17) is 0 Å². The summed E-state index contributed by atoms with van der Waals surface area (Å²) in [6.07, 6.45) is -4.34. The number of anilines is 2. The van der Waals surface area contributed by atoms with E-state index in [0.29, 0.717) is 10.9 Å². The third kappa shape index (κ3) is 2.92. The van der Waals surface area contributed by atoms with Crippen LogP contribution in [0.25, 0.3) is 5.65 Å². The third-order valence-corrected chi connectivity index (χ3v) is 4.65. The lowest BCUT2D eigenvalue weighted by Gasteiger charge is -2.25. The maximum absolute atomic E-state index is 14.0. The number of benzene rings is 1. The maximum Gasteiger partial charge on any atom is 0.453 e. The van der Waals surface area contributed by atoms with Crippen LogP contribution in [0.3, 0.4) is 0 Å². The number of hydrogen-bond donors (Lipinski definition) is 0. The van der Waals surface area contributed by atoms with Crippen molar-refractivity contribution in [3.8, 4) is 0 Å². The second-order valence-corrected chi connectivity index (χ2v) is 6.34. The molecule has 7 nitrogen and oxygen atoms in total. The van der Waals surface area contributed by atoms with Crippen molar-refractivity contribution in [1.82, 2.24) is 19.8 Å². The molecule has 0 aliphatic carbocycles. The molecule has 0 saturated carbocycles. The molecule has 1 aromatic carbocycles. The number of alkyl halides is 3. The molecule has 1 unspecified atom stereocenters. The van der Waals surface area contributed by atoms with Gasteiger partial charge in [0.2, 0.25) is 5.91 Å². The Morgan fingerprint density at radius 3 is 2.61 bits per heavy atom. The minimum atomic E-state index is -4.71. The fourth-order valence-corrected chi connectivity index (χ4v) is 3.24. The Morgan fingerprint density at radius 1 is 1.14 bits per heavy atom. The smallest absolute Gasteiger partial charge is 0.346 e. The molecule has 0 spiro atoms. The zero-order valence-corrected chi connectivity index (χ0v) is 14.6. The molecule has 1 saturated heterocycles. The Morgan fingerprint density at radius 2 is 1.89 bits per heavy atom. The summed E-state index contributed by atoms with van der Waals surface area (Å²) in [5.74, 6) is -1.97. The first kappa shape index (κ1) is 18.1. The van der Waals surface area contributed by atoms with Crippen LogP contribution in [0.2, 0.25) is 0 Å². The van der Waals surface area contributed by atoms with Crippen molar-refractivity contribution in [2.45, 2.75) is 18.6 Å². The van der Waals surface area contributed by atoms with Gasteiger partial charge in [0.25, 0.3) is 5.82 Å². The minimum Gasteiger partial charge on any atom is -0.346 e. The van der Waals surface area contributed by atoms with Gasteiger partial charge in [0, 0.05) is 13.6 Å². The van der Waals surface area contributed by atoms with Crippen LogP contribution in [0.15, 0.2) is 36.4 Å². The van der Waals surface area contributed by atoms with Gasteiger partial charge in [-0.05, 0) is 30.7 Å². The number of nitrogens with zero attached hydrogens (tertiary/aromatic N) is 6. The number of amides is 1. The van der Waals surface area contributed by atoms with E-state index < -0.39 is 23.9 Å². The van der Waals surface area contributed by atoms with Crippen molar-refractivity contribution in [2.24, 2.45) is 0 Å². The highest BCUT2D eigenvalue weighted by atomic mass is 19.4. The monoisotopic (exact) mass is 394 g/mol. The molecule has 1 aliphatic heterocycles. The fourth-order valence-electron chi connectivity index (χ4n) is 3.24. The number of para-hydroxylation sites is 1. The summed E-state index contributed by atoms with van der Waals surface area (Å²) < 4.78 is 53.8. The largest absolute Gasteiger partial charge is 0.453 e. The zero-order valence-electron chi connectivity index (χ0n) is 14.6. The standard InChI is InChI=1S/C17H14F4N6O/c1-25(12-8-9-26(15(12)28)11-5-3-2-4-10(11)18)14-7-6-13-22-23-16(17(19,20)21)27(13)24-14/h2-7,12H,8-9H2,1H3. The van der Waals surface area contributed by atoms with Gasteiger partial charge >= 0.3 is 6.18 Å².